The number of hydrogen-bond acceptors (Lipinski definition) is 6. The molecule has 15 heavy (non-hydrogen) atoms. The molecule has 0 saturated heterocycles. The van der Waals surface area contributed by atoms with E-state index in [1.54, 1.807) is 0 Å². The largest absolute Gasteiger partial charge is 0.464 e. The van der Waals surface area contributed by atoms with Gasteiger partial charge in [-0.1, -0.05) is 11.6 Å². The van der Waals surface area contributed by atoms with E-state index >= 15 is 0 Å². The van der Waals surface area contributed by atoms with Gasteiger partial charge in [0.15, 0.2) is 21.7 Å². The van der Waals surface area contributed by atoms with Crippen molar-refractivity contribution >= 4 is 34.2 Å². The summed E-state index contributed by atoms with van der Waals surface area (Å²) in [4.78, 5) is 18.5. The molecule has 82 valence electrons. The van der Waals surface area contributed by atoms with Crippen LogP contribution in [0, 0.1) is 0 Å². The van der Waals surface area contributed by atoms with Gasteiger partial charge in [0.2, 0.25) is 0 Å². The lowest BCUT2D eigenvalue weighted by Crippen LogP contribution is -2.12. The zero-order valence-corrected chi connectivity index (χ0v) is 9.56. The summed E-state index contributed by atoms with van der Waals surface area (Å²) in [5, 5.41) is -0.0766. The summed E-state index contributed by atoms with van der Waals surface area (Å²) in [7, 11) is -0.228. The third-order valence-electron chi connectivity index (χ3n) is 1.50. The quantitative estimate of drug-likeness (QED) is 0.754. The van der Waals surface area contributed by atoms with Crippen LogP contribution in [0.3, 0.4) is 0 Å². The summed E-state index contributed by atoms with van der Waals surface area (Å²) in [6, 6.07) is 0. The molecule has 2 N–H and O–H groups in total. The smallest absolute Gasteiger partial charge is 0.360 e. The van der Waals surface area contributed by atoms with E-state index < -0.39 is 16.8 Å². The van der Waals surface area contributed by atoms with E-state index in [2.05, 4.69) is 14.7 Å². The molecule has 0 radical (unpaired) electrons. The average Bonchev–Trinajstić information content (AvgIpc) is 2.19. The lowest BCUT2D eigenvalue weighted by molar-refractivity contribution is 0.0594. The number of nitrogens with zero attached hydrogens (tertiary/aromatic N) is 2. The molecular formula is C7H8ClN3O3S. The Morgan fingerprint density at radius 1 is 1.53 bits per heavy atom. The van der Waals surface area contributed by atoms with Crippen LogP contribution < -0.4 is 5.73 Å². The van der Waals surface area contributed by atoms with Gasteiger partial charge in [-0.2, -0.15) is 0 Å². The molecule has 0 aliphatic carbocycles. The highest BCUT2D eigenvalue weighted by molar-refractivity contribution is 7.84. The Morgan fingerprint density at radius 3 is 2.60 bits per heavy atom. The summed E-state index contributed by atoms with van der Waals surface area (Å²) < 4.78 is 15.5. The molecule has 1 atom stereocenters. The molecule has 0 bridgehead atoms. The van der Waals surface area contributed by atoms with Gasteiger partial charge in [-0.25, -0.2) is 14.8 Å². The van der Waals surface area contributed by atoms with E-state index in [0.717, 1.165) is 0 Å². The fourth-order valence-corrected chi connectivity index (χ4v) is 1.80. The fourth-order valence-electron chi connectivity index (χ4n) is 0.842. The van der Waals surface area contributed by atoms with Gasteiger partial charge >= 0.3 is 5.97 Å². The number of methoxy groups -OCH3 is 1. The second-order valence-corrected chi connectivity index (χ2v) is 4.15. The molecule has 1 heterocycles. The Bertz CT molecular complexity index is 438. The molecule has 1 aromatic rings. The zero-order valence-electron chi connectivity index (χ0n) is 7.98. The van der Waals surface area contributed by atoms with Crippen LogP contribution in [-0.2, 0) is 15.5 Å². The minimum Gasteiger partial charge on any atom is -0.464 e. The number of anilines is 1. The molecule has 8 heteroatoms. The lowest BCUT2D eigenvalue weighted by atomic mass is 10.4. The molecule has 0 saturated carbocycles. The fraction of sp³-hybridized carbons (Fsp3) is 0.286. The zero-order chi connectivity index (χ0) is 11.6. The third-order valence-corrected chi connectivity index (χ3v) is 2.71. The normalized spacial score (nSPS) is 12.2. The van der Waals surface area contributed by atoms with E-state index in [4.69, 9.17) is 17.3 Å². The number of nitrogen functional groups attached to an aromatic ring is 1. The predicted molar refractivity (Wildman–Crippen MR) is 55.1 cm³/mol. The van der Waals surface area contributed by atoms with E-state index in [9.17, 15) is 9.00 Å². The number of aromatic nitrogens is 2. The molecule has 0 aliphatic heterocycles. The predicted octanol–water partition coefficient (Wildman–Crippen LogP) is 0.236. The Labute approximate surface area is 93.3 Å². The lowest BCUT2D eigenvalue weighted by Gasteiger charge is -2.05. The summed E-state index contributed by atoms with van der Waals surface area (Å²) in [6.07, 6.45) is 1.38. The topological polar surface area (TPSA) is 95.2 Å². The maximum atomic E-state index is 11.1. The Hall–Kier alpha value is -1.21. The van der Waals surface area contributed by atoms with Crippen molar-refractivity contribution < 1.29 is 13.7 Å². The van der Waals surface area contributed by atoms with Crippen molar-refractivity contribution in [2.45, 2.75) is 5.03 Å². The van der Waals surface area contributed by atoms with Crippen molar-refractivity contribution in [3.8, 4) is 0 Å². The van der Waals surface area contributed by atoms with Crippen LogP contribution in [0.2, 0.25) is 5.15 Å². The van der Waals surface area contributed by atoms with Crippen molar-refractivity contribution in [3.05, 3.63) is 10.8 Å². The van der Waals surface area contributed by atoms with Crippen molar-refractivity contribution in [3.63, 3.8) is 0 Å². The van der Waals surface area contributed by atoms with E-state index in [0.29, 0.717) is 0 Å². The first-order valence-corrected chi connectivity index (χ1v) is 5.65. The highest BCUT2D eigenvalue weighted by Gasteiger charge is 2.18. The number of carbonyl (C=O) groups is 1. The van der Waals surface area contributed by atoms with Gasteiger partial charge < -0.3 is 10.5 Å². The van der Waals surface area contributed by atoms with Gasteiger partial charge in [0.25, 0.3) is 0 Å². The van der Waals surface area contributed by atoms with Crippen molar-refractivity contribution in [2.75, 3.05) is 19.1 Å². The highest BCUT2D eigenvalue weighted by Crippen LogP contribution is 2.18. The molecule has 0 amide bonds. The van der Waals surface area contributed by atoms with Crippen LogP contribution in [-0.4, -0.2) is 33.5 Å². The van der Waals surface area contributed by atoms with Crippen molar-refractivity contribution in [1.82, 2.24) is 9.97 Å². The molecule has 0 spiro atoms. The number of carbonyl (C=O) groups excluding carboxylic acids is 1. The first kappa shape index (κ1) is 11.9. The van der Waals surface area contributed by atoms with Gasteiger partial charge in [-0.05, 0) is 0 Å². The van der Waals surface area contributed by atoms with Crippen LogP contribution in [0.4, 0.5) is 5.82 Å². The van der Waals surface area contributed by atoms with Crippen LogP contribution in [0.1, 0.15) is 10.5 Å². The minimum atomic E-state index is -1.41. The highest BCUT2D eigenvalue weighted by atomic mass is 35.5. The van der Waals surface area contributed by atoms with Gasteiger partial charge in [-0.15, -0.1) is 0 Å². The maximum absolute atomic E-state index is 11.1. The summed E-state index contributed by atoms with van der Waals surface area (Å²) in [5.41, 5.74) is 5.25. The Morgan fingerprint density at radius 2 is 2.13 bits per heavy atom. The van der Waals surface area contributed by atoms with Crippen LogP contribution in [0.15, 0.2) is 5.03 Å². The Kier molecular flexibility index (Phi) is 3.59. The maximum Gasteiger partial charge on any atom is 0.360 e. The average molecular weight is 250 g/mol. The van der Waals surface area contributed by atoms with Gasteiger partial charge in [0.05, 0.1) is 17.9 Å². The van der Waals surface area contributed by atoms with Gasteiger partial charge in [0, 0.05) is 6.26 Å². The number of rotatable bonds is 2. The second-order valence-electron chi connectivity index (χ2n) is 2.50. The minimum absolute atomic E-state index is 0.0434. The molecule has 0 aromatic carbocycles. The number of halogens is 1. The van der Waals surface area contributed by atoms with Crippen molar-refractivity contribution in [2.24, 2.45) is 0 Å². The first-order valence-electron chi connectivity index (χ1n) is 3.72. The molecule has 0 aliphatic rings. The number of nitrogens with two attached hydrogens (primary N) is 1. The SMILES string of the molecule is COC(=O)c1nc(Cl)c([S@](C)=O)nc1N. The summed E-state index contributed by atoms with van der Waals surface area (Å²) in [6.45, 7) is 0. The molecule has 6 nitrogen and oxygen atoms in total. The summed E-state index contributed by atoms with van der Waals surface area (Å²) in [5.74, 6) is -0.896. The number of esters is 1. The molecule has 1 rings (SSSR count). The van der Waals surface area contributed by atoms with Gasteiger partial charge in [-0.3, -0.25) is 4.21 Å². The third kappa shape index (κ3) is 2.42. The van der Waals surface area contributed by atoms with E-state index in [1.165, 1.54) is 13.4 Å². The Balaban J connectivity index is 3.31. The molecular weight excluding hydrogens is 242 g/mol. The van der Waals surface area contributed by atoms with Crippen LogP contribution in [0.25, 0.3) is 0 Å². The molecule has 0 fully saturated rings. The van der Waals surface area contributed by atoms with Gasteiger partial charge in [0.1, 0.15) is 0 Å². The standard InChI is InChI=1S/C7H8ClN3O3S/c1-14-7(12)3-5(9)11-6(15(2)13)4(8)10-3/h1-2H3,(H2,9,11)/t15-/m0/s1. The number of hydrogen-bond donors (Lipinski definition) is 1. The second kappa shape index (κ2) is 4.54. The first-order chi connectivity index (χ1) is 6.97. The van der Waals surface area contributed by atoms with Crippen molar-refractivity contribution in [1.29, 1.82) is 0 Å². The van der Waals surface area contributed by atoms with Crippen LogP contribution >= 0.6 is 11.6 Å². The van der Waals surface area contributed by atoms with E-state index in [1.807, 2.05) is 0 Å². The number of ether oxygens (including phenoxy) is 1. The van der Waals surface area contributed by atoms with Crippen LogP contribution in [0.5, 0.6) is 0 Å². The summed E-state index contributed by atoms with van der Waals surface area (Å²) >= 11 is 5.67. The monoisotopic (exact) mass is 249 g/mol. The molecule has 1 aromatic heterocycles. The molecule has 0 unspecified atom stereocenters. The van der Waals surface area contributed by atoms with E-state index in [-0.39, 0.29) is 21.7 Å².